The molecule has 1 heterocycles. The second kappa shape index (κ2) is 6.02. The molecule has 2 aromatic rings. The van der Waals surface area contributed by atoms with Crippen LogP contribution in [0.1, 0.15) is 42.4 Å². The minimum atomic E-state index is 0.00968. The lowest BCUT2D eigenvalue weighted by Gasteiger charge is -2.13. The van der Waals surface area contributed by atoms with Gasteiger partial charge >= 0.3 is 0 Å². The molecule has 2 rings (SSSR count). The molecule has 0 aliphatic carbocycles. The molecule has 102 valence electrons. The Balaban J connectivity index is 2.16. The van der Waals surface area contributed by atoms with Crippen molar-refractivity contribution in [3.05, 3.63) is 52.8 Å². The largest absolute Gasteiger partial charge is 0.322 e. The molecule has 0 amide bonds. The number of aromatic nitrogens is 2. The van der Waals surface area contributed by atoms with Crippen molar-refractivity contribution in [2.75, 3.05) is 0 Å². The van der Waals surface area contributed by atoms with Gasteiger partial charge in [-0.15, -0.1) is 0 Å². The number of aryl methyl sites for hydroxylation is 3. The van der Waals surface area contributed by atoms with Crippen LogP contribution in [0.2, 0.25) is 0 Å². The van der Waals surface area contributed by atoms with E-state index in [0.717, 1.165) is 30.8 Å². The van der Waals surface area contributed by atoms with Crippen LogP contribution in [0.5, 0.6) is 0 Å². The third-order valence-electron chi connectivity index (χ3n) is 3.48. The predicted molar refractivity (Wildman–Crippen MR) is 79.1 cm³/mol. The summed E-state index contributed by atoms with van der Waals surface area (Å²) in [4.78, 5) is 0. The lowest BCUT2D eigenvalue weighted by molar-refractivity contribution is 0.565. The fourth-order valence-electron chi connectivity index (χ4n) is 2.29. The van der Waals surface area contributed by atoms with E-state index in [4.69, 9.17) is 5.73 Å². The molecule has 0 aliphatic heterocycles. The summed E-state index contributed by atoms with van der Waals surface area (Å²) in [5.74, 6) is 0. The van der Waals surface area contributed by atoms with E-state index in [1.807, 2.05) is 4.68 Å². The maximum absolute atomic E-state index is 6.35. The van der Waals surface area contributed by atoms with Crippen molar-refractivity contribution in [1.29, 1.82) is 0 Å². The highest BCUT2D eigenvalue weighted by Gasteiger charge is 2.14. The van der Waals surface area contributed by atoms with Crippen molar-refractivity contribution in [1.82, 2.24) is 9.78 Å². The van der Waals surface area contributed by atoms with Crippen LogP contribution in [-0.2, 0) is 19.4 Å². The van der Waals surface area contributed by atoms with Gasteiger partial charge in [0.2, 0.25) is 0 Å². The molecule has 2 N–H and O–H groups in total. The number of nitrogens with two attached hydrogens (primary N) is 1. The first-order valence-electron chi connectivity index (χ1n) is 7.01. The SMILES string of the molecule is CCc1cc(C(N)Cc2ccc(C)cc2)n(CC)n1. The summed E-state index contributed by atoms with van der Waals surface area (Å²) in [5, 5.41) is 4.56. The van der Waals surface area contributed by atoms with Gasteiger partial charge in [-0.1, -0.05) is 36.8 Å². The monoisotopic (exact) mass is 257 g/mol. The third-order valence-corrected chi connectivity index (χ3v) is 3.48. The van der Waals surface area contributed by atoms with Crippen LogP contribution < -0.4 is 5.73 Å². The first-order valence-corrected chi connectivity index (χ1v) is 7.01. The van der Waals surface area contributed by atoms with Crippen LogP contribution in [0, 0.1) is 6.92 Å². The summed E-state index contributed by atoms with van der Waals surface area (Å²) in [6.07, 6.45) is 1.81. The van der Waals surface area contributed by atoms with Crippen LogP contribution in [-0.4, -0.2) is 9.78 Å². The number of benzene rings is 1. The van der Waals surface area contributed by atoms with E-state index in [-0.39, 0.29) is 6.04 Å². The predicted octanol–water partition coefficient (Wildman–Crippen LogP) is 3.02. The van der Waals surface area contributed by atoms with Gasteiger partial charge in [0.05, 0.1) is 17.4 Å². The Labute approximate surface area is 115 Å². The van der Waals surface area contributed by atoms with Crippen LogP contribution in [0.15, 0.2) is 30.3 Å². The molecule has 1 unspecified atom stereocenters. The molecule has 0 bridgehead atoms. The summed E-state index contributed by atoms with van der Waals surface area (Å²) in [6.45, 7) is 7.20. The van der Waals surface area contributed by atoms with Crippen molar-refractivity contribution in [3.63, 3.8) is 0 Å². The van der Waals surface area contributed by atoms with Crippen LogP contribution in [0.25, 0.3) is 0 Å². The molecule has 0 saturated heterocycles. The average Bonchev–Trinajstić information content (AvgIpc) is 2.85. The fourth-order valence-corrected chi connectivity index (χ4v) is 2.29. The minimum Gasteiger partial charge on any atom is -0.322 e. The molecule has 19 heavy (non-hydrogen) atoms. The number of rotatable bonds is 5. The zero-order chi connectivity index (χ0) is 13.8. The quantitative estimate of drug-likeness (QED) is 0.894. The van der Waals surface area contributed by atoms with Gasteiger partial charge in [-0.05, 0) is 38.3 Å². The molecule has 0 radical (unpaired) electrons. The van der Waals surface area contributed by atoms with E-state index in [1.54, 1.807) is 0 Å². The van der Waals surface area contributed by atoms with E-state index in [1.165, 1.54) is 11.1 Å². The maximum atomic E-state index is 6.35. The molecule has 0 spiro atoms. The molecule has 1 aromatic heterocycles. The highest BCUT2D eigenvalue weighted by molar-refractivity contribution is 5.24. The Morgan fingerprint density at radius 2 is 1.89 bits per heavy atom. The molecule has 3 nitrogen and oxygen atoms in total. The topological polar surface area (TPSA) is 43.8 Å². The Kier molecular flexibility index (Phi) is 4.38. The summed E-state index contributed by atoms with van der Waals surface area (Å²) in [5.41, 5.74) is 11.2. The summed E-state index contributed by atoms with van der Waals surface area (Å²) >= 11 is 0. The third kappa shape index (κ3) is 3.24. The number of nitrogens with zero attached hydrogens (tertiary/aromatic N) is 2. The van der Waals surface area contributed by atoms with Crippen molar-refractivity contribution in [2.24, 2.45) is 5.73 Å². The van der Waals surface area contributed by atoms with Gasteiger partial charge in [0.15, 0.2) is 0 Å². The highest BCUT2D eigenvalue weighted by atomic mass is 15.3. The summed E-state index contributed by atoms with van der Waals surface area (Å²) < 4.78 is 2.03. The second-order valence-electron chi connectivity index (χ2n) is 5.03. The van der Waals surface area contributed by atoms with Crippen LogP contribution in [0.4, 0.5) is 0 Å². The highest BCUT2D eigenvalue weighted by Crippen LogP contribution is 2.18. The van der Waals surface area contributed by atoms with E-state index >= 15 is 0 Å². The summed E-state index contributed by atoms with van der Waals surface area (Å²) in [7, 11) is 0. The van der Waals surface area contributed by atoms with Gasteiger partial charge in [0.1, 0.15) is 0 Å². The maximum Gasteiger partial charge on any atom is 0.0625 e. The number of hydrogen-bond acceptors (Lipinski definition) is 2. The van der Waals surface area contributed by atoms with Crippen molar-refractivity contribution in [2.45, 2.75) is 46.2 Å². The Bertz CT molecular complexity index is 525. The molecule has 0 fully saturated rings. The number of hydrogen-bond donors (Lipinski definition) is 1. The minimum absolute atomic E-state index is 0.00968. The van der Waals surface area contributed by atoms with Gasteiger partial charge in [-0.2, -0.15) is 5.10 Å². The van der Waals surface area contributed by atoms with E-state index in [2.05, 4.69) is 56.2 Å². The Hall–Kier alpha value is -1.61. The Morgan fingerprint density at radius 1 is 1.21 bits per heavy atom. The van der Waals surface area contributed by atoms with Crippen molar-refractivity contribution >= 4 is 0 Å². The molecule has 1 aromatic carbocycles. The molecule has 0 aliphatic rings. The van der Waals surface area contributed by atoms with Crippen molar-refractivity contribution in [3.8, 4) is 0 Å². The van der Waals surface area contributed by atoms with Gasteiger partial charge < -0.3 is 5.73 Å². The molecular weight excluding hydrogens is 234 g/mol. The fraction of sp³-hybridized carbons (Fsp3) is 0.438. The Morgan fingerprint density at radius 3 is 2.47 bits per heavy atom. The van der Waals surface area contributed by atoms with Gasteiger partial charge in [-0.3, -0.25) is 4.68 Å². The van der Waals surface area contributed by atoms with Crippen molar-refractivity contribution < 1.29 is 0 Å². The van der Waals surface area contributed by atoms with Crippen LogP contribution in [0.3, 0.4) is 0 Å². The zero-order valence-electron chi connectivity index (χ0n) is 12.1. The lowest BCUT2D eigenvalue weighted by atomic mass is 10.0. The normalized spacial score (nSPS) is 12.6. The van der Waals surface area contributed by atoms with Gasteiger partial charge in [0, 0.05) is 6.54 Å². The van der Waals surface area contributed by atoms with Gasteiger partial charge in [0.25, 0.3) is 0 Å². The summed E-state index contributed by atoms with van der Waals surface area (Å²) in [6, 6.07) is 10.7. The first-order chi connectivity index (χ1) is 9.13. The smallest absolute Gasteiger partial charge is 0.0625 e. The molecule has 0 saturated carbocycles. The van der Waals surface area contributed by atoms with Gasteiger partial charge in [-0.25, -0.2) is 0 Å². The van der Waals surface area contributed by atoms with E-state index < -0.39 is 0 Å². The first kappa shape index (κ1) is 13.8. The molecule has 3 heteroatoms. The van der Waals surface area contributed by atoms with E-state index in [9.17, 15) is 0 Å². The zero-order valence-corrected chi connectivity index (χ0v) is 12.1. The lowest BCUT2D eigenvalue weighted by Crippen LogP contribution is -2.18. The average molecular weight is 257 g/mol. The van der Waals surface area contributed by atoms with E-state index in [0.29, 0.717) is 0 Å². The standard InChI is InChI=1S/C16H23N3/c1-4-14-11-16(19(5-2)18-14)15(17)10-13-8-6-12(3)7-9-13/h6-9,11,15H,4-5,10,17H2,1-3H3. The van der Waals surface area contributed by atoms with Crippen LogP contribution >= 0.6 is 0 Å². The molecule has 1 atom stereocenters. The molecular formula is C16H23N3. The second-order valence-corrected chi connectivity index (χ2v) is 5.03.